The summed E-state index contributed by atoms with van der Waals surface area (Å²) in [5.74, 6) is 0.321. The summed E-state index contributed by atoms with van der Waals surface area (Å²) in [6.07, 6.45) is -0.156. The van der Waals surface area contributed by atoms with Crippen molar-refractivity contribution in [3.8, 4) is 5.75 Å². The van der Waals surface area contributed by atoms with Crippen molar-refractivity contribution >= 4 is 26.0 Å². The molecule has 0 radical (unpaired) electrons. The van der Waals surface area contributed by atoms with E-state index in [-0.39, 0.29) is 23.5 Å². The molecule has 0 amide bonds. The third-order valence-electron chi connectivity index (χ3n) is 4.17. The monoisotopic (exact) mass is 420 g/mol. The van der Waals surface area contributed by atoms with E-state index in [0.717, 1.165) is 4.47 Å². The Labute approximate surface area is 152 Å². The number of aliphatic hydroxyl groups is 1. The summed E-state index contributed by atoms with van der Waals surface area (Å²) >= 11 is 3.38. The zero-order valence-electron chi connectivity index (χ0n) is 14.4. The number of rotatable bonds is 4. The lowest BCUT2D eigenvalue weighted by molar-refractivity contribution is 0.0812. The van der Waals surface area contributed by atoms with Crippen LogP contribution in [0.25, 0.3) is 0 Å². The van der Waals surface area contributed by atoms with Crippen molar-refractivity contribution in [2.45, 2.75) is 30.9 Å². The fourth-order valence-electron chi connectivity index (χ4n) is 2.78. The third kappa shape index (κ3) is 4.11. The molecule has 1 aromatic rings. The van der Waals surface area contributed by atoms with Crippen molar-refractivity contribution in [3.63, 3.8) is 0 Å². The number of halogens is 1. The number of hydrogen-bond donors (Lipinski definition) is 1. The van der Waals surface area contributed by atoms with Gasteiger partial charge < -0.3 is 14.7 Å². The first-order chi connectivity index (χ1) is 11.2. The van der Waals surface area contributed by atoms with Crippen LogP contribution in [0.5, 0.6) is 5.75 Å². The Morgan fingerprint density at radius 1 is 1.46 bits per heavy atom. The highest BCUT2D eigenvalue weighted by Gasteiger charge is 2.37. The van der Waals surface area contributed by atoms with Crippen molar-refractivity contribution < 1.29 is 18.3 Å². The minimum atomic E-state index is -3.74. The lowest BCUT2D eigenvalue weighted by atomic mass is 10.0. The molecule has 1 aromatic carbocycles. The molecule has 6 nitrogen and oxygen atoms in total. The smallest absolute Gasteiger partial charge is 0.247 e. The molecule has 1 aliphatic rings. The van der Waals surface area contributed by atoms with E-state index >= 15 is 0 Å². The molecule has 1 heterocycles. The van der Waals surface area contributed by atoms with Gasteiger partial charge in [0.2, 0.25) is 10.0 Å². The van der Waals surface area contributed by atoms with E-state index < -0.39 is 16.1 Å². The lowest BCUT2D eigenvalue weighted by Gasteiger charge is -2.37. The fourth-order valence-corrected chi connectivity index (χ4v) is 4.94. The van der Waals surface area contributed by atoms with Gasteiger partial charge in [0, 0.05) is 29.5 Å². The number of benzene rings is 1. The Morgan fingerprint density at radius 3 is 2.71 bits per heavy atom. The van der Waals surface area contributed by atoms with Gasteiger partial charge in [0.1, 0.15) is 16.7 Å². The number of aliphatic hydroxyl groups excluding tert-OH is 1. The third-order valence-corrected chi connectivity index (χ3v) is 6.69. The predicted molar refractivity (Wildman–Crippen MR) is 96.7 cm³/mol. The molecule has 2 rings (SSSR count). The van der Waals surface area contributed by atoms with Crippen LogP contribution in [0.15, 0.2) is 27.6 Å². The summed E-state index contributed by atoms with van der Waals surface area (Å²) in [4.78, 5) is 2.16. The van der Waals surface area contributed by atoms with E-state index in [0.29, 0.717) is 18.8 Å². The molecular formula is C16H25BrN2O4S. The van der Waals surface area contributed by atoms with Gasteiger partial charge in [0.15, 0.2) is 0 Å². The molecule has 1 N–H and O–H groups in total. The molecule has 3 atom stereocenters. The van der Waals surface area contributed by atoms with Crippen LogP contribution in [0.3, 0.4) is 0 Å². The van der Waals surface area contributed by atoms with Gasteiger partial charge in [-0.05, 0) is 39.2 Å². The zero-order valence-corrected chi connectivity index (χ0v) is 16.8. The number of sulfonamides is 1. The summed E-state index contributed by atoms with van der Waals surface area (Å²) in [5, 5.41) is 9.52. The van der Waals surface area contributed by atoms with E-state index in [1.54, 1.807) is 25.1 Å². The van der Waals surface area contributed by atoms with Gasteiger partial charge in [-0.1, -0.05) is 22.9 Å². The van der Waals surface area contributed by atoms with E-state index in [9.17, 15) is 13.5 Å². The van der Waals surface area contributed by atoms with Gasteiger partial charge in [0.05, 0.1) is 6.61 Å². The number of fused-ring (bicyclic) bond motifs is 1. The highest BCUT2D eigenvalue weighted by Crippen LogP contribution is 2.35. The highest BCUT2D eigenvalue weighted by molar-refractivity contribution is 9.10. The molecular weight excluding hydrogens is 396 g/mol. The number of hydrogen-bond acceptors (Lipinski definition) is 5. The number of likely N-dealkylation sites (N-methyl/N-ethyl adjacent to an activating group) is 1. The van der Waals surface area contributed by atoms with Crippen LogP contribution < -0.4 is 4.74 Å². The van der Waals surface area contributed by atoms with Gasteiger partial charge in [-0.25, -0.2) is 8.42 Å². The predicted octanol–water partition coefficient (Wildman–Crippen LogP) is 1.78. The molecule has 136 valence electrons. The van der Waals surface area contributed by atoms with Gasteiger partial charge in [-0.3, -0.25) is 0 Å². The Balaban J connectivity index is 2.57. The summed E-state index contributed by atoms with van der Waals surface area (Å²) in [5.41, 5.74) is 0. The van der Waals surface area contributed by atoms with Crippen LogP contribution in [0.1, 0.15) is 13.8 Å². The lowest BCUT2D eigenvalue weighted by Crippen LogP contribution is -2.49. The highest BCUT2D eigenvalue weighted by atomic mass is 79.9. The first kappa shape index (κ1) is 19.7. The topological polar surface area (TPSA) is 70.1 Å². The zero-order chi connectivity index (χ0) is 18.1. The minimum absolute atomic E-state index is 0.0247. The second-order valence-corrected chi connectivity index (χ2v) is 9.37. The summed E-state index contributed by atoms with van der Waals surface area (Å²) in [6, 6.07) is 4.43. The van der Waals surface area contributed by atoms with Gasteiger partial charge in [0.25, 0.3) is 0 Å². The Morgan fingerprint density at radius 2 is 2.12 bits per heavy atom. The van der Waals surface area contributed by atoms with E-state index in [2.05, 4.69) is 15.9 Å². The normalized spacial score (nSPS) is 25.5. The maximum absolute atomic E-state index is 13.1. The van der Waals surface area contributed by atoms with Crippen LogP contribution in [0, 0.1) is 5.92 Å². The largest absolute Gasteiger partial charge is 0.487 e. The van der Waals surface area contributed by atoms with E-state index in [1.807, 2.05) is 25.9 Å². The second-order valence-electron chi connectivity index (χ2n) is 6.59. The molecule has 0 saturated heterocycles. The average molecular weight is 421 g/mol. The van der Waals surface area contributed by atoms with Crippen molar-refractivity contribution in [2.75, 3.05) is 33.8 Å². The summed E-state index contributed by atoms with van der Waals surface area (Å²) in [7, 11) is 0.178. The van der Waals surface area contributed by atoms with Crippen LogP contribution >= 0.6 is 15.9 Å². The Kier molecular flexibility index (Phi) is 6.30. The average Bonchev–Trinajstić information content (AvgIpc) is 2.49. The number of nitrogens with zero attached hydrogens (tertiary/aromatic N) is 2. The molecule has 0 saturated carbocycles. The van der Waals surface area contributed by atoms with Gasteiger partial charge in [-0.15, -0.1) is 0 Å². The molecule has 8 heteroatoms. The number of ether oxygens (including phenoxy) is 1. The first-order valence-electron chi connectivity index (χ1n) is 7.90. The molecule has 0 unspecified atom stereocenters. The molecule has 0 fully saturated rings. The van der Waals surface area contributed by atoms with Crippen molar-refractivity contribution in [3.05, 3.63) is 22.7 Å². The van der Waals surface area contributed by atoms with E-state index in [4.69, 9.17) is 4.74 Å². The van der Waals surface area contributed by atoms with Crippen LogP contribution in [0.2, 0.25) is 0 Å². The molecule has 0 aliphatic carbocycles. The molecule has 1 aliphatic heterocycles. The van der Waals surface area contributed by atoms with Crippen molar-refractivity contribution in [2.24, 2.45) is 5.92 Å². The summed E-state index contributed by atoms with van der Waals surface area (Å²) in [6.45, 7) is 4.44. The van der Waals surface area contributed by atoms with Crippen LogP contribution in [-0.4, -0.2) is 68.7 Å². The van der Waals surface area contributed by atoms with Crippen LogP contribution in [0.4, 0.5) is 0 Å². The Hall–Kier alpha value is -0.670. The van der Waals surface area contributed by atoms with Crippen LogP contribution in [-0.2, 0) is 10.0 Å². The molecule has 24 heavy (non-hydrogen) atoms. The molecule has 0 aromatic heterocycles. The quantitative estimate of drug-likeness (QED) is 0.803. The Bertz CT molecular complexity index is 681. The summed E-state index contributed by atoms with van der Waals surface area (Å²) < 4.78 is 34.4. The molecule has 0 bridgehead atoms. The molecule has 0 spiro atoms. The van der Waals surface area contributed by atoms with Gasteiger partial charge in [-0.2, -0.15) is 4.31 Å². The maximum atomic E-state index is 13.1. The van der Waals surface area contributed by atoms with Crippen molar-refractivity contribution in [1.82, 2.24) is 9.21 Å². The van der Waals surface area contributed by atoms with Crippen molar-refractivity contribution in [1.29, 1.82) is 0 Å². The SMILES string of the molecule is C[C@@H]1CN([C@H](C)CO)S(=O)(=O)c2ccc(Br)cc2O[C@@H]1CN(C)C. The maximum Gasteiger partial charge on any atom is 0.247 e. The van der Waals surface area contributed by atoms with E-state index in [1.165, 1.54) is 4.31 Å². The van der Waals surface area contributed by atoms with Gasteiger partial charge >= 0.3 is 0 Å². The first-order valence-corrected chi connectivity index (χ1v) is 10.1. The standard InChI is InChI=1S/C16H25BrN2O4S/c1-11-8-19(12(2)10-20)24(21,22)16-6-5-13(17)7-14(16)23-15(11)9-18(3)4/h5-7,11-12,15,20H,8-10H2,1-4H3/t11-,12-,15-/m1/s1. The fraction of sp³-hybridized carbons (Fsp3) is 0.625. The second kappa shape index (κ2) is 7.70. The minimum Gasteiger partial charge on any atom is -0.487 e.